The smallest absolute Gasteiger partial charge is 0.416 e. The van der Waals surface area contributed by atoms with Gasteiger partial charge in [-0.3, -0.25) is 0 Å². The van der Waals surface area contributed by atoms with Crippen LogP contribution >= 0.6 is 24.4 Å². The summed E-state index contributed by atoms with van der Waals surface area (Å²) in [7, 11) is 0. The molecule has 0 fully saturated rings. The van der Waals surface area contributed by atoms with E-state index in [-0.39, 0.29) is 0 Å². The Morgan fingerprint density at radius 2 is 1.88 bits per heavy atom. The Kier molecular flexibility index (Phi) is 3.21. The molecule has 0 aromatic rings. The zero-order chi connectivity index (χ0) is 6.57. The van der Waals surface area contributed by atoms with Gasteiger partial charge in [0.25, 0.3) is 0 Å². The molecule has 0 heterocycles. The molecule has 0 spiro atoms. The summed E-state index contributed by atoms with van der Waals surface area (Å²) >= 11 is 8.54. The molecule has 0 rings (SSSR count). The van der Waals surface area contributed by atoms with E-state index < -0.39 is 6.09 Å². The van der Waals surface area contributed by atoms with Crippen LogP contribution in [0.3, 0.4) is 0 Å². The van der Waals surface area contributed by atoms with E-state index in [2.05, 4.69) is 24.4 Å². The largest absolute Gasteiger partial charge is 0.464 e. The third-order valence-corrected chi connectivity index (χ3v) is 0.902. The molecule has 0 bridgehead atoms. The predicted molar refractivity (Wildman–Crippen MR) is 37.2 cm³/mol. The molecular formula is C3H3NO2S2. The van der Waals surface area contributed by atoms with Crippen molar-refractivity contribution < 1.29 is 9.90 Å². The number of amides is 1. The van der Waals surface area contributed by atoms with Crippen LogP contribution in [0.2, 0.25) is 0 Å². The van der Waals surface area contributed by atoms with Gasteiger partial charge in [-0.05, 0) is 0 Å². The highest BCUT2D eigenvalue weighted by molar-refractivity contribution is 7.80. The van der Waals surface area contributed by atoms with Crippen molar-refractivity contribution in [3.63, 3.8) is 0 Å². The zero-order valence-electron chi connectivity index (χ0n) is 3.77. The third kappa shape index (κ3) is 1.94. The van der Waals surface area contributed by atoms with Gasteiger partial charge in [-0.1, -0.05) is 24.4 Å². The van der Waals surface area contributed by atoms with Gasteiger partial charge in [0.2, 0.25) is 0 Å². The molecule has 0 aromatic carbocycles. The third-order valence-electron chi connectivity index (χ3n) is 0.448. The maximum atomic E-state index is 9.89. The topological polar surface area (TPSA) is 40.5 Å². The molecule has 0 unspecified atom stereocenters. The van der Waals surface area contributed by atoms with Crippen LogP contribution in [0.15, 0.2) is 0 Å². The fourth-order valence-corrected chi connectivity index (χ4v) is 0.494. The first kappa shape index (κ1) is 7.45. The van der Waals surface area contributed by atoms with Crippen LogP contribution in [0.1, 0.15) is 0 Å². The van der Waals surface area contributed by atoms with E-state index in [1.54, 1.807) is 0 Å². The Morgan fingerprint density at radius 3 is 1.88 bits per heavy atom. The van der Waals surface area contributed by atoms with Gasteiger partial charge in [0.1, 0.15) is 0 Å². The summed E-state index contributed by atoms with van der Waals surface area (Å²) in [6.45, 7) is 0. The van der Waals surface area contributed by atoms with Crippen molar-refractivity contribution in [2.75, 3.05) is 0 Å². The maximum Gasteiger partial charge on any atom is 0.416 e. The normalized spacial score (nSPS) is 7.50. The van der Waals surface area contributed by atoms with Crippen LogP contribution < -0.4 is 0 Å². The lowest BCUT2D eigenvalue weighted by molar-refractivity contribution is 0.186. The quantitative estimate of drug-likeness (QED) is 0.592. The Labute approximate surface area is 56.9 Å². The highest BCUT2D eigenvalue weighted by Gasteiger charge is 2.00. The van der Waals surface area contributed by atoms with Gasteiger partial charge in [0, 0.05) is 0 Å². The lowest BCUT2D eigenvalue weighted by Gasteiger charge is -2.00. The first-order chi connectivity index (χ1) is 3.72. The maximum absolute atomic E-state index is 9.89. The van der Waals surface area contributed by atoms with Gasteiger partial charge in [0.15, 0.2) is 0 Å². The standard InChI is InChI=1S/C3H3NO2S2/c5-3(6)4(1-7)2-8/h1-2H,(H,5,6). The molecule has 0 saturated carbocycles. The molecule has 3 nitrogen and oxygen atoms in total. The summed E-state index contributed by atoms with van der Waals surface area (Å²) in [5, 5.41) is 8.10. The van der Waals surface area contributed by atoms with Gasteiger partial charge in [-0.2, -0.15) is 0 Å². The van der Waals surface area contributed by atoms with Gasteiger partial charge in [0.05, 0.1) is 11.0 Å². The Morgan fingerprint density at radius 1 is 1.50 bits per heavy atom. The van der Waals surface area contributed by atoms with Crippen molar-refractivity contribution >= 4 is 41.5 Å². The molecule has 8 heavy (non-hydrogen) atoms. The fourth-order valence-electron chi connectivity index (χ4n) is 0.115. The lowest BCUT2D eigenvalue weighted by Crippen LogP contribution is -2.23. The van der Waals surface area contributed by atoms with Crippen LogP contribution in [0.25, 0.3) is 0 Å². The van der Waals surface area contributed by atoms with Crippen LogP contribution in [-0.4, -0.2) is 27.1 Å². The van der Waals surface area contributed by atoms with Crippen LogP contribution in [-0.2, 0) is 0 Å². The van der Waals surface area contributed by atoms with Gasteiger partial charge in [-0.15, -0.1) is 0 Å². The van der Waals surface area contributed by atoms with Crippen LogP contribution in [0, 0.1) is 0 Å². The van der Waals surface area contributed by atoms with Gasteiger partial charge in [-0.25, -0.2) is 9.69 Å². The van der Waals surface area contributed by atoms with E-state index in [0.29, 0.717) is 4.90 Å². The summed E-state index contributed by atoms with van der Waals surface area (Å²) in [6, 6.07) is 0. The van der Waals surface area contributed by atoms with E-state index in [1.165, 1.54) is 0 Å². The van der Waals surface area contributed by atoms with E-state index in [9.17, 15) is 4.79 Å². The summed E-state index contributed by atoms with van der Waals surface area (Å²) in [5.74, 6) is 0. The summed E-state index contributed by atoms with van der Waals surface area (Å²) < 4.78 is 0. The van der Waals surface area contributed by atoms with Gasteiger partial charge >= 0.3 is 6.09 Å². The number of carbonyl (C=O) groups is 1. The van der Waals surface area contributed by atoms with Crippen LogP contribution in [0.4, 0.5) is 4.79 Å². The number of hydrogen-bond donors (Lipinski definition) is 1. The molecular weight excluding hydrogens is 146 g/mol. The van der Waals surface area contributed by atoms with Crippen molar-refractivity contribution in [2.24, 2.45) is 0 Å². The summed E-state index contributed by atoms with van der Waals surface area (Å²) in [5.41, 5.74) is 1.91. The zero-order valence-corrected chi connectivity index (χ0v) is 5.41. The second-order valence-electron chi connectivity index (χ2n) is 0.901. The second kappa shape index (κ2) is 3.45. The first-order valence-electron chi connectivity index (χ1n) is 1.64. The molecule has 44 valence electrons. The molecule has 0 atom stereocenters. The number of thiocarbonyl (C=S) groups is 2. The second-order valence-corrected chi connectivity index (χ2v) is 1.32. The fraction of sp³-hybridized carbons (Fsp3) is 0. The van der Waals surface area contributed by atoms with E-state index in [0.717, 1.165) is 11.0 Å². The summed E-state index contributed by atoms with van der Waals surface area (Å²) in [6.07, 6.45) is -1.16. The molecule has 0 radical (unpaired) electrons. The molecule has 1 N–H and O–H groups in total. The average Bonchev–Trinajstić information content (AvgIpc) is 1.69. The van der Waals surface area contributed by atoms with E-state index in [1.807, 2.05) is 0 Å². The molecule has 0 aliphatic carbocycles. The summed E-state index contributed by atoms with van der Waals surface area (Å²) in [4.78, 5) is 10.6. The van der Waals surface area contributed by atoms with Crippen molar-refractivity contribution in [3.05, 3.63) is 0 Å². The Bertz CT molecular complexity index is 116. The Hall–Kier alpha value is -0.550. The number of carboxylic acid groups (broad SMARTS) is 1. The minimum Gasteiger partial charge on any atom is -0.464 e. The van der Waals surface area contributed by atoms with Crippen LogP contribution in [0.5, 0.6) is 0 Å². The molecule has 0 aliphatic rings. The van der Waals surface area contributed by atoms with Crippen molar-refractivity contribution in [2.45, 2.75) is 0 Å². The van der Waals surface area contributed by atoms with Crippen molar-refractivity contribution in [1.82, 2.24) is 4.90 Å². The molecule has 0 saturated heterocycles. The van der Waals surface area contributed by atoms with Gasteiger partial charge < -0.3 is 5.11 Å². The predicted octanol–water partition coefficient (Wildman–Crippen LogP) is 0.881. The minimum atomic E-state index is -1.16. The number of hydrogen-bond acceptors (Lipinski definition) is 3. The number of nitrogens with zero attached hydrogens (tertiary/aromatic N) is 1. The van der Waals surface area contributed by atoms with Crippen molar-refractivity contribution in [3.8, 4) is 0 Å². The molecule has 1 amide bonds. The lowest BCUT2D eigenvalue weighted by atomic mass is 10.9. The number of rotatable bonds is 2. The van der Waals surface area contributed by atoms with E-state index in [4.69, 9.17) is 5.11 Å². The highest BCUT2D eigenvalue weighted by atomic mass is 32.1. The van der Waals surface area contributed by atoms with E-state index >= 15 is 0 Å². The monoisotopic (exact) mass is 149 g/mol. The SMILES string of the molecule is O=C(O)N(C=S)C=S. The average molecular weight is 149 g/mol. The highest BCUT2D eigenvalue weighted by Crippen LogP contribution is 1.78. The molecule has 5 heteroatoms. The first-order valence-corrected chi connectivity index (χ1v) is 2.58. The Balaban J connectivity index is 3.88. The molecule has 0 aromatic heterocycles. The molecule has 0 aliphatic heterocycles. The minimum absolute atomic E-state index is 0.713. The van der Waals surface area contributed by atoms with Crippen molar-refractivity contribution in [1.29, 1.82) is 0 Å².